The Kier molecular flexibility index (Phi) is 3.99. The first-order valence-electron chi connectivity index (χ1n) is 6.07. The number of nitrogens with one attached hydrogen (secondary N) is 2. The van der Waals surface area contributed by atoms with Crippen molar-refractivity contribution in [1.29, 1.82) is 5.41 Å². The number of carbonyl (C=O) groups excluding carboxylic acids is 1. The van der Waals surface area contributed by atoms with Crippen LogP contribution in [-0.4, -0.2) is 22.8 Å². The van der Waals surface area contributed by atoms with Gasteiger partial charge in [-0.2, -0.15) is 0 Å². The molecule has 0 bridgehead atoms. The molecule has 0 aromatic heterocycles. The number of amidine groups is 1. The van der Waals surface area contributed by atoms with Gasteiger partial charge < -0.3 is 16.2 Å². The first kappa shape index (κ1) is 14.3. The van der Waals surface area contributed by atoms with Crippen LogP contribution >= 0.6 is 0 Å². The van der Waals surface area contributed by atoms with Crippen molar-refractivity contribution in [2.45, 2.75) is 0 Å². The summed E-state index contributed by atoms with van der Waals surface area (Å²) in [4.78, 5) is 22.9. The van der Waals surface area contributed by atoms with Gasteiger partial charge in [-0.15, -0.1) is 0 Å². The van der Waals surface area contributed by atoms with Crippen molar-refractivity contribution >= 4 is 23.4 Å². The van der Waals surface area contributed by atoms with Crippen LogP contribution in [0.25, 0.3) is 0 Å². The van der Waals surface area contributed by atoms with Crippen molar-refractivity contribution in [3.8, 4) is 0 Å². The van der Waals surface area contributed by atoms with Crippen molar-refractivity contribution in [2.75, 3.05) is 5.73 Å². The fourth-order valence-electron chi connectivity index (χ4n) is 1.75. The molecular formula is C15H13N3O3. The predicted octanol–water partition coefficient (Wildman–Crippen LogP) is 1.72. The van der Waals surface area contributed by atoms with Crippen LogP contribution in [-0.2, 0) is 0 Å². The van der Waals surface area contributed by atoms with E-state index in [2.05, 4.69) is 5.32 Å². The molecule has 2 aromatic carbocycles. The van der Waals surface area contributed by atoms with Crippen molar-refractivity contribution in [2.24, 2.45) is 0 Å². The number of carboxylic acids is 1. The maximum atomic E-state index is 11.9. The van der Waals surface area contributed by atoms with E-state index < -0.39 is 11.9 Å². The van der Waals surface area contributed by atoms with Crippen LogP contribution in [0.5, 0.6) is 0 Å². The van der Waals surface area contributed by atoms with E-state index in [9.17, 15) is 9.59 Å². The first-order chi connectivity index (χ1) is 9.99. The Balaban J connectivity index is 2.23. The second kappa shape index (κ2) is 5.87. The van der Waals surface area contributed by atoms with E-state index >= 15 is 0 Å². The minimum Gasteiger partial charge on any atom is -0.478 e. The minimum atomic E-state index is -1.13. The number of aromatic carboxylic acids is 1. The number of carbonyl (C=O) groups is 2. The van der Waals surface area contributed by atoms with E-state index in [-0.39, 0.29) is 22.6 Å². The van der Waals surface area contributed by atoms with Crippen LogP contribution in [0.15, 0.2) is 48.5 Å². The van der Waals surface area contributed by atoms with Gasteiger partial charge in [0.2, 0.25) is 0 Å². The summed E-state index contributed by atoms with van der Waals surface area (Å²) in [5.41, 5.74) is 6.50. The lowest BCUT2D eigenvalue weighted by atomic mass is 10.1. The molecule has 21 heavy (non-hydrogen) atoms. The number of anilines is 1. The second-order valence-corrected chi connectivity index (χ2v) is 4.30. The molecule has 106 valence electrons. The number of hydrogen-bond donors (Lipinski definition) is 4. The maximum Gasteiger partial charge on any atom is 0.335 e. The Labute approximate surface area is 120 Å². The van der Waals surface area contributed by atoms with E-state index in [4.69, 9.17) is 16.2 Å². The Bertz CT molecular complexity index is 711. The summed E-state index contributed by atoms with van der Waals surface area (Å²) >= 11 is 0. The number of benzene rings is 2. The zero-order chi connectivity index (χ0) is 15.4. The molecule has 1 amide bonds. The third-order valence-electron chi connectivity index (χ3n) is 2.84. The van der Waals surface area contributed by atoms with Crippen LogP contribution in [0.4, 0.5) is 5.69 Å². The lowest BCUT2D eigenvalue weighted by Gasteiger charge is -2.10. The first-order valence-corrected chi connectivity index (χ1v) is 6.07. The molecule has 2 aromatic rings. The van der Waals surface area contributed by atoms with Gasteiger partial charge >= 0.3 is 5.97 Å². The molecule has 0 radical (unpaired) electrons. The Hall–Kier alpha value is -3.15. The normalized spacial score (nSPS) is 9.90. The fourth-order valence-corrected chi connectivity index (χ4v) is 1.75. The number of carboxylic acid groups (broad SMARTS) is 1. The summed E-state index contributed by atoms with van der Waals surface area (Å²) in [6.07, 6.45) is 0. The SMILES string of the molecule is N=C(NC(=O)c1ccccc1)c1cc(C(=O)O)ccc1N. The van der Waals surface area contributed by atoms with Crippen molar-refractivity contribution < 1.29 is 14.7 Å². The molecule has 0 saturated heterocycles. The van der Waals surface area contributed by atoms with Crippen LogP contribution < -0.4 is 11.1 Å². The topological polar surface area (TPSA) is 116 Å². The summed E-state index contributed by atoms with van der Waals surface area (Å²) in [5, 5.41) is 19.2. The van der Waals surface area contributed by atoms with E-state index in [1.807, 2.05) is 0 Å². The summed E-state index contributed by atoms with van der Waals surface area (Å²) in [6, 6.07) is 12.4. The lowest BCUT2D eigenvalue weighted by Crippen LogP contribution is -2.31. The third-order valence-corrected chi connectivity index (χ3v) is 2.84. The molecule has 0 atom stereocenters. The quantitative estimate of drug-likeness (QED) is 0.390. The monoisotopic (exact) mass is 283 g/mol. The molecule has 6 nitrogen and oxygen atoms in total. The smallest absolute Gasteiger partial charge is 0.335 e. The molecule has 0 aliphatic carbocycles. The Morgan fingerprint density at radius 3 is 2.33 bits per heavy atom. The molecule has 6 heteroatoms. The average molecular weight is 283 g/mol. The van der Waals surface area contributed by atoms with Gasteiger partial charge in [0.05, 0.1) is 5.56 Å². The fraction of sp³-hybridized carbons (Fsp3) is 0. The molecule has 2 rings (SSSR count). The highest BCUT2D eigenvalue weighted by molar-refractivity contribution is 6.13. The Morgan fingerprint density at radius 2 is 1.71 bits per heavy atom. The van der Waals surface area contributed by atoms with E-state index in [1.54, 1.807) is 30.3 Å². The highest BCUT2D eigenvalue weighted by Gasteiger charge is 2.13. The summed E-state index contributed by atoms with van der Waals surface area (Å²) in [6.45, 7) is 0. The molecule has 0 aliphatic heterocycles. The number of rotatable bonds is 3. The van der Waals surface area contributed by atoms with Gasteiger partial charge in [-0.25, -0.2) is 4.79 Å². The maximum absolute atomic E-state index is 11.9. The zero-order valence-corrected chi connectivity index (χ0v) is 11.0. The van der Waals surface area contributed by atoms with Crippen molar-refractivity contribution in [3.05, 3.63) is 65.2 Å². The van der Waals surface area contributed by atoms with Crippen molar-refractivity contribution in [3.63, 3.8) is 0 Å². The number of hydrogen-bond acceptors (Lipinski definition) is 4. The van der Waals surface area contributed by atoms with Gasteiger partial charge in [-0.1, -0.05) is 18.2 Å². The van der Waals surface area contributed by atoms with E-state index in [1.165, 1.54) is 18.2 Å². The van der Waals surface area contributed by atoms with E-state index in [0.29, 0.717) is 5.56 Å². The van der Waals surface area contributed by atoms with Gasteiger partial charge in [0.25, 0.3) is 5.91 Å². The summed E-state index contributed by atoms with van der Waals surface area (Å²) < 4.78 is 0. The molecule has 5 N–H and O–H groups in total. The van der Waals surface area contributed by atoms with Crippen LogP contribution in [0.1, 0.15) is 26.3 Å². The van der Waals surface area contributed by atoms with E-state index in [0.717, 1.165) is 0 Å². The molecule has 0 fully saturated rings. The van der Waals surface area contributed by atoms with Crippen LogP contribution in [0.3, 0.4) is 0 Å². The second-order valence-electron chi connectivity index (χ2n) is 4.30. The highest BCUT2D eigenvalue weighted by Crippen LogP contribution is 2.14. The number of amides is 1. The van der Waals surface area contributed by atoms with Crippen LogP contribution in [0.2, 0.25) is 0 Å². The predicted molar refractivity (Wildman–Crippen MR) is 78.6 cm³/mol. The Morgan fingerprint density at radius 1 is 1.05 bits per heavy atom. The highest BCUT2D eigenvalue weighted by atomic mass is 16.4. The van der Waals surface area contributed by atoms with Gasteiger partial charge in [-0.05, 0) is 30.3 Å². The standard InChI is InChI=1S/C15H13N3O3/c16-12-7-6-10(15(20)21)8-11(12)13(17)18-14(19)9-4-2-1-3-5-9/h1-8H,16H2,(H,20,21)(H2,17,18,19). The van der Waals surface area contributed by atoms with Crippen molar-refractivity contribution in [1.82, 2.24) is 5.32 Å². The molecule has 0 unspecified atom stereocenters. The molecule has 0 spiro atoms. The minimum absolute atomic E-state index is 0.00194. The number of nitrogen functional groups attached to an aromatic ring is 1. The van der Waals surface area contributed by atoms with Gasteiger partial charge in [0.1, 0.15) is 5.84 Å². The van der Waals surface area contributed by atoms with Gasteiger partial charge in [-0.3, -0.25) is 10.2 Å². The number of nitrogens with two attached hydrogens (primary N) is 1. The van der Waals surface area contributed by atoms with Gasteiger partial charge in [0, 0.05) is 16.8 Å². The third kappa shape index (κ3) is 3.24. The largest absolute Gasteiger partial charge is 0.478 e. The lowest BCUT2D eigenvalue weighted by molar-refractivity contribution is 0.0696. The summed E-state index contributed by atoms with van der Waals surface area (Å²) in [7, 11) is 0. The molecule has 0 aliphatic rings. The summed E-state index contributed by atoms with van der Waals surface area (Å²) in [5.74, 6) is -1.83. The molecule has 0 heterocycles. The average Bonchev–Trinajstić information content (AvgIpc) is 2.48. The zero-order valence-electron chi connectivity index (χ0n) is 11.0. The molecular weight excluding hydrogens is 270 g/mol. The van der Waals surface area contributed by atoms with Gasteiger partial charge in [0.15, 0.2) is 0 Å². The van der Waals surface area contributed by atoms with Crippen LogP contribution in [0, 0.1) is 5.41 Å². The molecule has 0 saturated carbocycles.